The molecule has 0 bridgehead atoms. The summed E-state index contributed by atoms with van der Waals surface area (Å²) in [6.45, 7) is 2.33. The van der Waals surface area contributed by atoms with Crippen LogP contribution < -0.4 is 14.2 Å². The minimum Gasteiger partial charge on any atom is -0.507 e. The zero-order valence-corrected chi connectivity index (χ0v) is 23.7. The van der Waals surface area contributed by atoms with E-state index in [2.05, 4.69) is 0 Å². The summed E-state index contributed by atoms with van der Waals surface area (Å²) in [6, 6.07) is 7.01. The van der Waals surface area contributed by atoms with Crippen LogP contribution in [0.15, 0.2) is 24.3 Å². The standard InChI is InChI=1S/C29H36O14/c1-11-20(32)19-15(30)8-17(13-4-6-14(38-3)7-5-13)41-27(19)12(2)26(11)43-29-25(37)23(35)22(34)18(42-29)10-40-28-24(36)21(33)16(31)9-39-28/h4-7,16-18,21-25,28-29,31-37H,8-10H2,1-3H3/t16-,17-,18+,21-,22+,23-,24+,25+,28-,29-/m0/s1. The summed E-state index contributed by atoms with van der Waals surface area (Å²) in [4.78, 5) is 13.2. The fraction of sp³-hybridized carbons (Fsp3) is 0.552. The molecule has 0 unspecified atom stereocenters. The lowest BCUT2D eigenvalue weighted by atomic mass is 9.91. The van der Waals surface area contributed by atoms with Gasteiger partial charge in [-0.25, -0.2) is 0 Å². The number of fused-ring (bicyclic) bond motifs is 1. The van der Waals surface area contributed by atoms with Gasteiger partial charge in [0.25, 0.3) is 0 Å². The van der Waals surface area contributed by atoms with Crippen LogP contribution in [0, 0.1) is 13.8 Å². The van der Waals surface area contributed by atoms with Crippen LogP contribution in [0.5, 0.6) is 23.0 Å². The first kappa shape index (κ1) is 31.4. The molecule has 2 aromatic carbocycles. The van der Waals surface area contributed by atoms with Gasteiger partial charge in [-0.05, 0) is 31.5 Å². The first-order chi connectivity index (χ1) is 20.4. The van der Waals surface area contributed by atoms with Crippen LogP contribution in [0.2, 0.25) is 0 Å². The van der Waals surface area contributed by atoms with Crippen molar-refractivity contribution < 1.29 is 69.0 Å². The summed E-state index contributed by atoms with van der Waals surface area (Å²) in [5.74, 6) is 0.0304. The van der Waals surface area contributed by atoms with Gasteiger partial charge in [0.1, 0.15) is 77.4 Å². The van der Waals surface area contributed by atoms with Crippen molar-refractivity contribution in [2.75, 3.05) is 20.3 Å². The lowest BCUT2D eigenvalue weighted by molar-refractivity contribution is -0.307. The fourth-order valence-corrected chi connectivity index (χ4v) is 5.40. The Labute approximate surface area is 246 Å². The van der Waals surface area contributed by atoms with Crippen LogP contribution in [-0.4, -0.2) is 117 Å². The van der Waals surface area contributed by atoms with Crippen molar-refractivity contribution in [3.63, 3.8) is 0 Å². The Morgan fingerprint density at radius 3 is 2.23 bits per heavy atom. The number of methoxy groups -OCH3 is 1. The number of ketones is 1. The van der Waals surface area contributed by atoms with E-state index in [1.807, 2.05) is 0 Å². The molecule has 3 aliphatic heterocycles. The maximum atomic E-state index is 13.2. The molecule has 14 heteroatoms. The lowest BCUT2D eigenvalue weighted by Gasteiger charge is -2.41. The highest BCUT2D eigenvalue weighted by atomic mass is 16.7. The van der Waals surface area contributed by atoms with Crippen LogP contribution in [0.3, 0.4) is 0 Å². The van der Waals surface area contributed by atoms with E-state index in [1.54, 1.807) is 31.2 Å². The third-order valence-corrected chi connectivity index (χ3v) is 8.02. The van der Waals surface area contributed by atoms with Crippen molar-refractivity contribution in [2.45, 2.75) is 81.7 Å². The van der Waals surface area contributed by atoms with E-state index in [0.29, 0.717) is 16.9 Å². The molecule has 43 heavy (non-hydrogen) atoms. The largest absolute Gasteiger partial charge is 0.507 e. The maximum Gasteiger partial charge on any atom is 0.229 e. The molecule has 2 aromatic rings. The van der Waals surface area contributed by atoms with Crippen molar-refractivity contribution >= 4 is 5.78 Å². The second kappa shape index (κ2) is 12.5. The second-order valence-electron chi connectivity index (χ2n) is 10.9. The number of carbonyl (C=O) groups is 1. The number of phenols is 1. The third-order valence-electron chi connectivity index (χ3n) is 8.02. The Balaban J connectivity index is 1.36. The molecule has 0 spiro atoms. The number of aromatic hydroxyl groups is 1. The monoisotopic (exact) mass is 608 g/mol. The zero-order chi connectivity index (χ0) is 31.2. The number of aliphatic hydroxyl groups is 6. The molecule has 14 nitrogen and oxygen atoms in total. The van der Waals surface area contributed by atoms with Crippen molar-refractivity contribution in [2.24, 2.45) is 0 Å². The summed E-state index contributed by atoms with van der Waals surface area (Å²) in [5.41, 5.74) is 1.19. The third kappa shape index (κ3) is 5.90. The fourth-order valence-electron chi connectivity index (χ4n) is 5.40. The highest BCUT2D eigenvalue weighted by molar-refractivity contribution is 6.03. The number of hydrogen-bond acceptors (Lipinski definition) is 14. The van der Waals surface area contributed by atoms with E-state index in [0.717, 1.165) is 0 Å². The molecule has 0 aliphatic carbocycles. The van der Waals surface area contributed by atoms with Crippen molar-refractivity contribution in [3.05, 3.63) is 46.5 Å². The van der Waals surface area contributed by atoms with Gasteiger partial charge in [0, 0.05) is 11.1 Å². The van der Waals surface area contributed by atoms with Gasteiger partial charge in [-0.15, -0.1) is 0 Å². The normalized spacial score (nSPS) is 34.3. The molecule has 0 saturated carbocycles. The van der Waals surface area contributed by atoms with Crippen LogP contribution in [0.25, 0.3) is 0 Å². The quantitative estimate of drug-likeness (QED) is 0.208. The number of hydrogen-bond donors (Lipinski definition) is 7. The molecule has 7 N–H and O–H groups in total. The van der Waals surface area contributed by atoms with Gasteiger partial charge in [-0.1, -0.05) is 12.1 Å². The molecular weight excluding hydrogens is 572 g/mol. The number of ether oxygens (including phenoxy) is 6. The number of carbonyl (C=O) groups excluding carboxylic acids is 1. The average molecular weight is 609 g/mol. The number of aliphatic hydroxyl groups excluding tert-OH is 6. The summed E-state index contributed by atoms with van der Waals surface area (Å²) in [7, 11) is 1.54. The van der Waals surface area contributed by atoms with E-state index in [-0.39, 0.29) is 47.2 Å². The highest BCUT2D eigenvalue weighted by Crippen LogP contribution is 2.48. The summed E-state index contributed by atoms with van der Waals surface area (Å²) < 4.78 is 33.7. The molecular formula is C29H36O14. The Hall–Kier alpha value is -3.05. The Morgan fingerprint density at radius 2 is 1.56 bits per heavy atom. The van der Waals surface area contributed by atoms with E-state index in [9.17, 15) is 40.5 Å². The van der Waals surface area contributed by atoms with E-state index in [4.69, 9.17) is 28.4 Å². The van der Waals surface area contributed by atoms with Gasteiger partial charge < -0.3 is 64.2 Å². The number of phenolic OH excluding ortho intramolecular Hbond substituents is 1. The topological polar surface area (TPSA) is 214 Å². The number of Topliss-reactive ketones (excluding diaryl/α,β-unsaturated/α-hetero) is 1. The minimum atomic E-state index is -1.75. The Kier molecular flexibility index (Phi) is 9.13. The van der Waals surface area contributed by atoms with Crippen LogP contribution in [0.4, 0.5) is 0 Å². The molecule has 3 heterocycles. The predicted octanol–water partition coefficient (Wildman–Crippen LogP) is -0.634. The smallest absolute Gasteiger partial charge is 0.229 e. The van der Waals surface area contributed by atoms with Crippen molar-refractivity contribution in [1.29, 1.82) is 0 Å². The van der Waals surface area contributed by atoms with Gasteiger partial charge in [0.05, 0.1) is 26.7 Å². The maximum absolute atomic E-state index is 13.2. The van der Waals surface area contributed by atoms with Gasteiger partial charge >= 0.3 is 0 Å². The SMILES string of the molecule is COc1ccc([C@@H]2CC(=O)c3c(O)c(C)c(O[C@@H]4O[C@H](CO[C@@H]5OC[C@H](O)[C@H](O)[C@H]5O)[C@@H](O)[C@H](O)[C@H]4O)c(C)c3O2)cc1. The molecule has 2 saturated heterocycles. The van der Waals surface area contributed by atoms with Gasteiger partial charge in [0.15, 0.2) is 12.1 Å². The molecule has 3 aliphatic rings. The molecule has 10 atom stereocenters. The zero-order valence-electron chi connectivity index (χ0n) is 23.7. The summed E-state index contributed by atoms with van der Waals surface area (Å²) in [5, 5.41) is 72.4. The first-order valence-corrected chi connectivity index (χ1v) is 13.8. The molecule has 236 valence electrons. The highest BCUT2D eigenvalue weighted by Gasteiger charge is 2.47. The number of rotatable bonds is 7. The molecule has 0 amide bonds. The lowest BCUT2D eigenvalue weighted by Crippen LogP contribution is -2.61. The predicted molar refractivity (Wildman–Crippen MR) is 144 cm³/mol. The van der Waals surface area contributed by atoms with Crippen molar-refractivity contribution in [3.8, 4) is 23.0 Å². The molecule has 0 aromatic heterocycles. The van der Waals surface area contributed by atoms with E-state index >= 15 is 0 Å². The Morgan fingerprint density at radius 1 is 0.884 bits per heavy atom. The number of benzene rings is 2. The van der Waals surface area contributed by atoms with Gasteiger partial charge in [0.2, 0.25) is 6.29 Å². The summed E-state index contributed by atoms with van der Waals surface area (Å²) >= 11 is 0. The van der Waals surface area contributed by atoms with Crippen LogP contribution in [-0.2, 0) is 14.2 Å². The van der Waals surface area contributed by atoms with E-state index in [1.165, 1.54) is 14.0 Å². The van der Waals surface area contributed by atoms with Gasteiger partial charge in [-0.2, -0.15) is 0 Å². The van der Waals surface area contributed by atoms with Gasteiger partial charge in [-0.3, -0.25) is 4.79 Å². The average Bonchev–Trinajstić information content (AvgIpc) is 3.00. The molecule has 0 radical (unpaired) electrons. The molecule has 5 rings (SSSR count). The van der Waals surface area contributed by atoms with Crippen LogP contribution >= 0.6 is 0 Å². The minimum absolute atomic E-state index is 0.00250. The Bertz CT molecular complexity index is 1320. The second-order valence-corrected chi connectivity index (χ2v) is 10.9. The summed E-state index contributed by atoms with van der Waals surface area (Å²) in [6.07, 6.45) is -14.5. The van der Waals surface area contributed by atoms with E-state index < -0.39 is 68.0 Å². The molecule has 2 fully saturated rings. The van der Waals surface area contributed by atoms with Crippen molar-refractivity contribution in [1.82, 2.24) is 0 Å². The van der Waals surface area contributed by atoms with Crippen LogP contribution in [0.1, 0.15) is 39.6 Å². The first-order valence-electron chi connectivity index (χ1n) is 13.8.